The van der Waals surface area contributed by atoms with Crippen molar-refractivity contribution in [2.45, 2.75) is 13.8 Å². The minimum Gasteiger partial charge on any atom is -0.352 e. The fourth-order valence-electron chi connectivity index (χ4n) is 3.03. The molecule has 4 rings (SSSR count). The predicted octanol–water partition coefficient (Wildman–Crippen LogP) is 6.23. The van der Waals surface area contributed by atoms with E-state index in [-0.39, 0.29) is 11.7 Å². The molecular formula is C24H22FN3OS. The number of fused-ring (bicyclic) bond motifs is 1. The summed E-state index contributed by atoms with van der Waals surface area (Å²) in [4.78, 5) is 16.6. The summed E-state index contributed by atoms with van der Waals surface area (Å²) in [5.41, 5.74) is 4.43. The van der Waals surface area contributed by atoms with Crippen LogP contribution in [0.4, 0.5) is 15.2 Å². The van der Waals surface area contributed by atoms with E-state index in [4.69, 9.17) is 0 Å². The molecule has 0 aliphatic carbocycles. The summed E-state index contributed by atoms with van der Waals surface area (Å²) in [5, 5.41) is 6.92. The first-order valence-electron chi connectivity index (χ1n) is 9.80. The molecule has 6 heteroatoms. The Labute approximate surface area is 178 Å². The number of halogens is 1. The van der Waals surface area contributed by atoms with Crippen LogP contribution < -0.4 is 10.6 Å². The first-order valence-corrected chi connectivity index (χ1v) is 10.6. The Balaban J connectivity index is 1.44. The smallest absolute Gasteiger partial charge is 0.251 e. The van der Waals surface area contributed by atoms with Gasteiger partial charge in [0, 0.05) is 17.8 Å². The van der Waals surface area contributed by atoms with Gasteiger partial charge in [-0.15, -0.1) is 0 Å². The lowest BCUT2D eigenvalue weighted by Gasteiger charge is -2.09. The highest BCUT2D eigenvalue weighted by Crippen LogP contribution is 2.30. The third-order valence-electron chi connectivity index (χ3n) is 4.64. The summed E-state index contributed by atoms with van der Waals surface area (Å²) in [7, 11) is 0. The molecule has 0 unspecified atom stereocenters. The molecule has 1 aromatic heterocycles. The first-order chi connectivity index (χ1) is 14.5. The molecule has 1 amide bonds. The Kier molecular flexibility index (Phi) is 5.77. The fourth-order valence-corrected chi connectivity index (χ4v) is 3.95. The van der Waals surface area contributed by atoms with Gasteiger partial charge >= 0.3 is 0 Å². The molecule has 0 saturated carbocycles. The van der Waals surface area contributed by atoms with Crippen molar-refractivity contribution in [3.05, 3.63) is 78.1 Å². The molecule has 0 fully saturated rings. The maximum absolute atomic E-state index is 13.4. The zero-order chi connectivity index (χ0) is 21.1. The third kappa shape index (κ3) is 4.66. The van der Waals surface area contributed by atoms with Crippen LogP contribution in [0.1, 0.15) is 24.2 Å². The van der Waals surface area contributed by atoms with E-state index < -0.39 is 0 Å². The van der Waals surface area contributed by atoms with E-state index in [0.29, 0.717) is 18.0 Å². The van der Waals surface area contributed by atoms with Crippen molar-refractivity contribution in [3.8, 4) is 11.1 Å². The van der Waals surface area contributed by atoms with Gasteiger partial charge in [0.25, 0.3) is 5.91 Å². The number of hydrogen-bond donors (Lipinski definition) is 2. The number of amides is 1. The van der Waals surface area contributed by atoms with Crippen molar-refractivity contribution in [1.82, 2.24) is 10.3 Å². The fraction of sp³-hybridized carbons (Fsp3) is 0.167. The van der Waals surface area contributed by atoms with Crippen LogP contribution in [0.15, 0.2) is 66.7 Å². The van der Waals surface area contributed by atoms with Crippen LogP contribution in [0.25, 0.3) is 21.3 Å². The van der Waals surface area contributed by atoms with Gasteiger partial charge in [0.15, 0.2) is 5.13 Å². The summed E-state index contributed by atoms with van der Waals surface area (Å²) < 4.78 is 14.2. The molecule has 0 saturated heterocycles. The number of thiazole rings is 1. The van der Waals surface area contributed by atoms with Crippen LogP contribution >= 0.6 is 11.3 Å². The van der Waals surface area contributed by atoms with Gasteiger partial charge in [-0.25, -0.2) is 9.37 Å². The minimum absolute atomic E-state index is 0.0505. The zero-order valence-corrected chi connectivity index (χ0v) is 17.6. The number of anilines is 2. The van der Waals surface area contributed by atoms with Gasteiger partial charge in [-0.2, -0.15) is 0 Å². The number of nitrogens with one attached hydrogen (secondary N) is 2. The van der Waals surface area contributed by atoms with Gasteiger partial charge in [-0.3, -0.25) is 4.79 Å². The Morgan fingerprint density at radius 2 is 1.67 bits per heavy atom. The summed E-state index contributed by atoms with van der Waals surface area (Å²) in [5.74, 6) is 0.111. The van der Waals surface area contributed by atoms with Crippen LogP contribution in [0.5, 0.6) is 0 Å². The average Bonchev–Trinajstić information content (AvgIpc) is 3.14. The summed E-state index contributed by atoms with van der Waals surface area (Å²) in [6.45, 7) is 4.80. The van der Waals surface area contributed by atoms with E-state index in [1.807, 2.05) is 48.5 Å². The van der Waals surface area contributed by atoms with E-state index in [9.17, 15) is 9.18 Å². The molecule has 152 valence electrons. The highest BCUT2D eigenvalue weighted by atomic mass is 32.1. The normalized spacial score (nSPS) is 11.1. The van der Waals surface area contributed by atoms with Crippen LogP contribution in [-0.4, -0.2) is 17.4 Å². The van der Waals surface area contributed by atoms with E-state index in [2.05, 4.69) is 29.5 Å². The molecule has 30 heavy (non-hydrogen) atoms. The molecule has 2 N–H and O–H groups in total. The molecule has 0 bridgehead atoms. The van der Waals surface area contributed by atoms with E-state index >= 15 is 0 Å². The van der Waals surface area contributed by atoms with Crippen LogP contribution in [0, 0.1) is 11.7 Å². The van der Waals surface area contributed by atoms with Gasteiger partial charge < -0.3 is 10.6 Å². The molecule has 4 nitrogen and oxygen atoms in total. The number of aromatic nitrogens is 1. The molecule has 4 aromatic rings. The van der Waals surface area contributed by atoms with Gasteiger partial charge in [-0.05, 0) is 59.5 Å². The van der Waals surface area contributed by atoms with Crippen molar-refractivity contribution in [2.75, 3.05) is 11.9 Å². The van der Waals surface area contributed by atoms with E-state index in [0.717, 1.165) is 32.2 Å². The van der Waals surface area contributed by atoms with Crippen molar-refractivity contribution < 1.29 is 9.18 Å². The standard InChI is InChI=1S/C24H22FN3OS/c1-15(2)14-26-23(29)18-5-3-16(4-6-18)17-7-10-20(11-8-17)27-24-28-21-12-9-19(25)13-22(21)30-24/h3-13,15H,14H2,1-2H3,(H,26,29)(H,27,28). The molecule has 0 radical (unpaired) electrons. The van der Waals surface area contributed by atoms with Crippen LogP contribution in [-0.2, 0) is 0 Å². The SMILES string of the molecule is CC(C)CNC(=O)c1ccc(-c2ccc(Nc3nc4ccc(F)cc4s3)cc2)cc1. The monoisotopic (exact) mass is 419 g/mol. The van der Waals surface area contributed by atoms with Crippen LogP contribution in [0.3, 0.4) is 0 Å². The third-order valence-corrected chi connectivity index (χ3v) is 5.57. The van der Waals surface area contributed by atoms with Gasteiger partial charge in [-0.1, -0.05) is 49.4 Å². The number of carbonyl (C=O) groups excluding carboxylic acids is 1. The lowest BCUT2D eigenvalue weighted by molar-refractivity contribution is 0.0949. The molecule has 1 heterocycles. The highest BCUT2D eigenvalue weighted by molar-refractivity contribution is 7.22. The van der Waals surface area contributed by atoms with Gasteiger partial charge in [0.2, 0.25) is 0 Å². The second kappa shape index (κ2) is 8.63. The molecule has 3 aromatic carbocycles. The zero-order valence-electron chi connectivity index (χ0n) is 16.8. The summed E-state index contributed by atoms with van der Waals surface area (Å²) in [6.07, 6.45) is 0. The lowest BCUT2D eigenvalue weighted by atomic mass is 10.0. The second-order valence-electron chi connectivity index (χ2n) is 7.51. The molecular weight excluding hydrogens is 397 g/mol. The molecule has 0 aliphatic rings. The summed E-state index contributed by atoms with van der Waals surface area (Å²) >= 11 is 1.42. The Bertz CT molecular complexity index is 1170. The highest BCUT2D eigenvalue weighted by Gasteiger charge is 2.08. The molecule has 0 spiro atoms. The summed E-state index contributed by atoms with van der Waals surface area (Å²) in [6, 6.07) is 20.2. The number of carbonyl (C=O) groups is 1. The van der Waals surface area contributed by atoms with Crippen molar-refractivity contribution >= 4 is 38.3 Å². The average molecular weight is 420 g/mol. The second-order valence-corrected chi connectivity index (χ2v) is 8.55. The van der Waals surface area contributed by atoms with Crippen molar-refractivity contribution in [2.24, 2.45) is 5.92 Å². The number of rotatable bonds is 6. The Hall–Kier alpha value is -3.25. The van der Waals surface area contributed by atoms with Crippen molar-refractivity contribution in [3.63, 3.8) is 0 Å². The maximum Gasteiger partial charge on any atom is 0.251 e. The van der Waals surface area contributed by atoms with E-state index in [1.54, 1.807) is 6.07 Å². The number of benzene rings is 3. The molecule has 0 aliphatic heterocycles. The van der Waals surface area contributed by atoms with E-state index in [1.165, 1.54) is 23.5 Å². The Morgan fingerprint density at radius 1 is 1.00 bits per heavy atom. The van der Waals surface area contributed by atoms with Crippen molar-refractivity contribution in [1.29, 1.82) is 0 Å². The lowest BCUT2D eigenvalue weighted by Crippen LogP contribution is -2.27. The predicted molar refractivity (Wildman–Crippen MR) is 122 cm³/mol. The van der Waals surface area contributed by atoms with Crippen LogP contribution in [0.2, 0.25) is 0 Å². The maximum atomic E-state index is 13.4. The minimum atomic E-state index is -0.259. The number of nitrogens with zero attached hydrogens (tertiary/aromatic N) is 1. The largest absolute Gasteiger partial charge is 0.352 e. The number of hydrogen-bond acceptors (Lipinski definition) is 4. The molecule has 0 atom stereocenters. The topological polar surface area (TPSA) is 54.0 Å². The van der Waals surface area contributed by atoms with Gasteiger partial charge in [0.05, 0.1) is 10.2 Å². The quantitative estimate of drug-likeness (QED) is 0.389. The van der Waals surface area contributed by atoms with Gasteiger partial charge in [0.1, 0.15) is 5.82 Å². The first kappa shape index (κ1) is 20.0. The Morgan fingerprint density at radius 3 is 2.33 bits per heavy atom.